The first-order chi connectivity index (χ1) is 28.2. The van der Waals surface area contributed by atoms with E-state index in [2.05, 4.69) is 145 Å². The summed E-state index contributed by atoms with van der Waals surface area (Å²) in [5, 5.41) is 27.2. The van der Waals surface area contributed by atoms with Crippen molar-refractivity contribution in [2.45, 2.75) is 41.5 Å². The van der Waals surface area contributed by atoms with Crippen molar-refractivity contribution in [3.63, 3.8) is 0 Å². The summed E-state index contributed by atoms with van der Waals surface area (Å²) in [5.74, 6) is 0. The Labute approximate surface area is 338 Å². The summed E-state index contributed by atoms with van der Waals surface area (Å²) in [6.45, 7) is 13.2. The number of hydrogen-bond acceptors (Lipinski definition) is 6. The Balaban J connectivity index is 1.16. The number of aryl methyl sites for hydroxylation is 6. The van der Waals surface area contributed by atoms with Crippen molar-refractivity contribution in [3.8, 4) is 50.8 Å². The van der Waals surface area contributed by atoms with Gasteiger partial charge in [-0.1, -0.05) is 156 Å². The van der Waals surface area contributed by atoms with Gasteiger partial charge in [-0.25, -0.2) is 14.0 Å². The van der Waals surface area contributed by atoms with Crippen LogP contribution in [0.4, 0.5) is 0 Å². The van der Waals surface area contributed by atoms with Gasteiger partial charge in [0.25, 0.3) is 0 Å². The van der Waals surface area contributed by atoms with Crippen molar-refractivity contribution in [1.29, 1.82) is 0 Å². The molecule has 0 N–H and O–H groups in total. The van der Waals surface area contributed by atoms with E-state index < -0.39 is 0 Å². The largest absolute Gasteiger partial charge is 0.243 e. The summed E-state index contributed by atoms with van der Waals surface area (Å²) in [6.07, 6.45) is 6.00. The molecular weight excluding hydrogens is 713 g/mol. The molecule has 0 spiro atoms. The summed E-state index contributed by atoms with van der Waals surface area (Å²) < 4.78 is 5.63. The quantitative estimate of drug-likeness (QED) is 0.140. The second-order valence-electron chi connectivity index (χ2n) is 15.2. The predicted molar refractivity (Wildman–Crippen MR) is 233 cm³/mol. The van der Waals surface area contributed by atoms with Crippen molar-refractivity contribution in [2.75, 3.05) is 0 Å². The lowest BCUT2D eigenvalue weighted by Gasteiger charge is -2.27. The van der Waals surface area contributed by atoms with Crippen LogP contribution in [-0.2, 0) is 0 Å². The fourth-order valence-electron chi connectivity index (χ4n) is 8.44. The van der Waals surface area contributed by atoms with Crippen LogP contribution >= 0.6 is 0 Å². The zero-order valence-electron chi connectivity index (χ0n) is 33.5. The summed E-state index contributed by atoms with van der Waals surface area (Å²) in [5.41, 5.74) is 19.4. The van der Waals surface area contributed by atoms with Gasteiger partial charge in [-0.2, -0.15) is 0 Å². The van der Waals surface area contributed by atoms with Gasteiger partial charge in [0.1, 0.15) is 17.1 Å². The Kier molecular flexibility index (Phi) is 9.45. The van der Waals surface area contributed by atoms with Crippen molar-refractivity contribution in [2.24, 2.45) is 0 Å². The van der Waals surface area contributed by atoms with E-state index in [-0.39, 0.29) is 6.71 Å². The van der Waals surface area contributed by atoms with Crippen molar-refractivity contribution in [1.82, 2.24) is 45.0 Å². The van der Waals surface area contributed by atoms with Crippen molar-refractivity contribution < 1.29 is 0 Å². The molecule has 10 heteroatoms. The van der Waals surface area contributed by atoms with E-state index in [1.807, 2.05) is 87.2 Å². The monoisotopic (exact) mass is 755 g/mol. The van der Waals surface area contributed by atoms with E-state index in [0.29, 0.717) is 0 Å². The highest BCUT2D eigenvalue weighted by molar-refractivity contribution is 6.97. The first-order valence-corrected chi connectivity index (χ1v) is 19.5. The summed E-state index contributed by atoms with van der Waals surface area (Å²) in [6, 6.07) is 43.9. The van der Waals surface area contributed by atoms with Gasteiger partial charge in [0, 0.05) is 16.7 Å². The predicted octanol–water partition coefficient (Wildman–Crippen LogP) is 7.80. The van der Waals surface area contributed by atoms with E-state index in [4.69, 9.17) is 0 Å². The maximum absolute atomic E-state index is 4.55. The van der Waals surface area contributed by atoms with Crippen LogP contribution in [0.2, 0.25) is 0 Å². The molecule has 0 unspecified atom stereocenters. The van der Waals surface area contributed by atoms with Gasteiger partial charge in [-0.3, -0.25) is 0 Å². The van der Waals surface area contributed by atoms with E-state index >= 15 is 0 Å². The van der Waals surface area contributed by atoms with Gasteiger partial charge in [-0.15, -0.1) is 15.3 Å². The highest BCUT2D eigenvalue weighted by Crippen LogP contribution is 2.24. The summed E-state index contributed by atoms with van der Waals surface area (Å²) in [4.78, 5) is 0. The Bertz CT molecular complexity index is 2530. The molecule has 3 heterocycles. The molecule has 9 rings (SSSR count). The fraction of sp³-hybridized carbons (Fsp3) is 0.125. The number of aromatic nitrogens is 9. The normalized spacial score (nSPS) is 11.3. The molecular formula is C48H42BN9. The number of benzene rings is 6. The van der Waals surface area contributed by atoms with Gasteiger partial charge in [0.15, 0.2) is 0 Å². The Hall–Kier alpha value is -7.20. The number of nitrogens with zero attached hydrogens (tertiary/aromatic N) is 9. The zero-order valence-corrected chi connectivity index (χ0v) is 33.5. The third-order valence-corrected chi connectivity index (χ3v) is 11.1. The van der Waals surface area contributed by atoms with Crippen LogP contribution in [0.3, 0.4) is 0 Å². The Morgan fingerprint density at radius 3 is 0.828 bits per heavy atom. The minimum Gasteiger partial charge on any atom is -0.220 e. The van der Waals surface area contributed by atoms with Crippen LogP contribution < -0.4 is 16.4 Å². The first kappa shape index (κ1) is 36.4. The molecule has 282 valence electrons. The molecule has 0 atom stereocenters. The smallest absolute Gasteiger partial charge is 0.220 e. The van der Waals surface area contributed by atoms with Crippen molar-refractivity contribution in [3.05, 3.63) is 179 Å². The van der Waals surface area contributed by atoms with E-state index in [9.17, 15) is 0 Å². The van der Waals surface area contributed by atoms with Crippen LogP contribution in [0, 0.1) is 41.5 Å². The lowest BCUT2D eigenvalue weighted by molar-refractivity contribution is 0.802. The number of rotatable bonds is 9. The molecule has 9 aromatic rings. The molecule has 0 fully saturated rings. The molecule has 0 aliphatic carbocycles. The van der Waals surface area contributed by atoms with Crippen LogP contribution in [0.5, 0.6) is 0 Å². The van der Waals surface area contributed by atoms with E-state index in [1.54, 1.807) is 0 Å². The van der Waals surface area contributed by atoms with Gasteiger partial charge in [0.05, 0.1) is 35.7 Å². The zero-order chi connectivity index (χ0) is 39.9. The molecule has 6 aromatic carbocycles. The summed E-state index contributed by atoms with van der Waals surface area (Å²) >= 11 is 0. The maximum atomic E-state index is 4.55. The highest BCUT2D eigenvalue weighted by Gasteiger charge is 2.32. The number of hydrogen-bond donors (Lipinski definition) is 0. The topological polar surface area (TPSA) is 92.1 Å². The summed E-state index contributed by atoms with van der Waals surface area (Å²) in [7, 11) is 0. The van der Waals surface area contributed by atoms with E-state index in [0.717, 1.165) is 50.8 Å². The minimum atomic E-state index is -0.0703. The van der Waals surface area contributed by atoms with Gasteiger partial charge in [-0.05, 0) is 77.9 Å². The minimum absolute atomic E-state index is 0.0703. The molecule has 0 saturated carbocycles. The first-order valence-electron chi connectivity index (χ1n) is 19.5. The van der Waals surface area contributed by atoms with Crippen LogP contribution in [0.15, 0.2) is 146 Å². The van der Waals surface area contributed by atoms with Gasteiger partial charge < -0.3 is 0 Å². The third kappa shape index (κ3) is 6.83. The molecule has 0 aliphatic rings. The van der Waals surface area contributed by atoms with Crippen LogP contribution in [0.25, 0.3) is 50.8 Å². The standard InChI is InChI=1S/C48H42BN9/c1-31-22-40(56-28-43(50-53-56)37-16-10-7-11-17-37)23-32(2)46(31)49(47-33(3)24-41(25-34(47)4)57-29-44(51-54-57)38-18-12-8-13-19-38)48-35(5)26-42(27-36(48)6)58-30-45(52-55-58)39-20-14-9-15-21-39/h7-30H,1-6H3. The molecule has 9 nitrogen and oxygen atoms in total. The Morgan fingerprint density at radius 2 is 0.586 bits per heavy atom. The van der Waals surface area contributed by atoms with Crippen LogP contribution in [-0.4, -0.2) is 51.7 Å². The second-order valence-corrected chi connectivity index (χ2v) is 15.2. The molecule has 0 aliphatic heterocycles. The molecule has 0 radical (unpaired) electrons. The molecule has 0 bridgehead atoms. The maximum Gasteiger partial charge on any atom is 0.243 e. The lowest BCUT2D eigenvalue weighted by atomic mass is 9.33. The SMILES string of the molecule is Cc1cc(-n2cc(-c3ccccc3)nn2)cc(C)c1B(c1c(C)cc(-n2cc(-c3ccccc3)nn2)cc1C)c1c(C)cc(-n2cc(-c3ccccc3)nn2)cc1C. The van der Waals surface area contributed by atoms with Crippen molar-refractivity contribution >= 4 is 23.1 Å². The molecule has 58 heavy (non-hydrogen) atoms. The van der Waals surface area contributed by atoms with Crippen LogP contribution in [0.1, 0.15) is 33.4 Å². The van der Waals surface area contributed by atoms with E-state index in [1.165, 1.54) is 49.8 Å². The average molecular weight is 756 g/mol. The Morgan fingerprint density at radius 1 is 0.345 bits per heavy atom. The third-order valence-electron chi connectivity index (χ3n) is 11.1. The van der Waals surface area contributed by atoms with Gasteiger partial charge in [0.2, 0.25) is 6.71 Å². The lowest BCUT2D eigenvalue weighted by Crippen LogP contribution is -2.57. The van der Waals surface area contributed by atoms with Gasteiger partial charge >= 0.3 is 0 Å². The second kappa shape index (κ2) is 15.0. The molecule has 3 aromatic heterocycles. The molecule has 0 amide bonds. The average Bonchev–Trinajstić information content (AvgIpc) is 4.03. The molecule has 0 saturated heterocycles. The fourth-order valence-corrected chi connectivity index (χ4v) is 8.44. The highest BCUT2D eigenvalue weighted by atomic mass is 15.4.